The second-order valence-electron chi connectivity index (χ2n) is 6.83. The van der Waals surface area contributed by atoms with Crippen LogP contribution >= 0.6 is 35.7 Å². The number of nitrogens with zero attached hydrogens (tertiary/aromatic N) is 1. The molecular formula is C20H30FIN4OS. The molecule has 1 aromatic heterocycles. The number of ether oxygens (including phenoxy) is 1. The number of benzene rings is 1. The minimum atomic E-state index is -0.205. The van der Waals surface area contributed by atoms with Gasteiger partial charge in [0.2, 0.25) is 0 Å². The molecule has 1 fully saturated rings. The van der Waals surface area contributed by atoms with Crippen LogP contribution in [0.25, 0.3) is 10.9 Å². The summed E-state index contributed by atoms with van der Waals surface area (Å²) in [4.78, 5) is 7.54. The highest BCUT2D eigenvalue weighted by Gasteiger charge is 2.32. The van der Waals surface area contributed by atoms with Gasteiger partial charge in [0, 0.05) is 55.2 Å². The van der Waals surface area contributed by atoms with Gasteiger partial charge in [-0.25, -0.2) is 4.39 Å². The fourth-order valence-electron chi connectivity index (χ4n) is 3.56. The van der Waals surface area contributed by atoms with Crippen molar-refractivity contribution in [2.75, 3.05) is 39.1 Å². The molecule has 2 aromatic rings. The average molecular weight is 520 g/mol. The van der Waals surface area contributed by atoms with Crippen molar-refractivity contribution >= 4 is 52.6 Å². The van der Waals surface area contributed by atoms with Crippen molar-refractivity contribution in [1.82, 2.24) is 15.6 Å². The van der Waals surface area contributed by atoms with E-state index in [0.29, 0.717) is 0 Å². The van der Waals surface area contributed by atoms with Crippen molar-refractivity contribution in [1.29, 1.82) is 0 Å². The van der Waals surface area contributed by atoms with Crippen molar-refractivity contribution < 1.29 is 9.13 Å². The second kappa shape index (κ2) is 11.3. The van der Waals surface area contributed by atoms with Gasteiger partial charge in [-0.05, 0) is 48.8 Å². The first-order valence-electron chi connectivity index (χ1n) is 9.57. The minimum Gasteiger partial charge on any atom is -0.381 e. The van der Waals surface area contributed by atoms with Gasteiger partial charge in [0.05, 0.1) is 0 Å². The van der Waals surface area contributed by atoms with Crippen LogP contribution in [0.15, 0.2) is 29.4 Å². The monoisotopic (exact) mass is 520 g/mol. The van der Waals surface area contributed by atoms with Crippen LogP contribution in [0, 0.1) is 5.82 Å². The van der Waals surface area contributed by atoms with E-state index in [0.717, 1.165) is 73.7 Å². The number of nitrogens with one attached hydrogen (secondary N) is 3. The van der Waals surface area contributed by atoms with Crippen molar-refractivity contribution in [2.45, 2.75) is 30.9 Å². The zero-order valence-corrected chi connectivity index (χ0v) is 19.7. The number of fused-ring (bicyclic) bond motifs is 1. The molecule has 0 atom stereocenters. The highest BCUT2D eigenvalue weighted by atomic mass is 127. The van der Waals surface area contributed by atoms with Crippen LogP contribution < -0.4 is 10.6 Å². The third-order valence-electron chi connectivity index (χ3n) is 5.07. The van der Waals surface area contributed by atoms with Crippen molar-refractivity contribution in [3.05, 3.63) is 35.8 Å². The van der Waals surface area contributed by atoms with Gasteiger partial charge in [-0.2, -0.15) is 11.8 Å². The Kier molecular flexibility index (Phi) is 9.36. The van der Waals surface area contributed by atoms with E-state index in [1.165, 1.54) is 6.07 Å². The highest BCUT2D eigenvalue weighted by Crippen LogP contribution is 2.34. The predicted octanol–water partition coefficient (Wildman–Crippen LogP) is 3.93. The summed E-state index contributed by atoms with van der Waals surface area (Å²) < 4.78 is 19.3. The Balaban J connectivity index is 0.00000280. The standard InChI is InChI=1S/C20H29FN4OS.HI/c1-3-27-20(7-10-26-11-8-20)14-25-19(22-2)23-9-6-15-13-24-18-5-4-16(21)12-17(15)18;/h4-5,12-13,24H,3,6-11,14H2,1-2H3,(H2,22,23,25);1H. The number of thioether (sulfide) groups is 1. The Labute approximate surface area is 187 Å². The molecule has 28 heavy (non-hydrogen) atoms. The summed E-state index contributed by atoms with van der Waals surface area (Å²) in [6.45, 7) is 5.49. The van der Waals surface area contributed by atoms with Gasteiger partial charge < -0.3 is 20.4 Å². The predicted molar refractivity (Wildman–Crippen MR) is 128 cm³/mol. The molecule has 1 aliphatic rings. The van der Waals surface area contributed by atoms with E-state index < -0.39 is 0 Å². The number of hydrogen-bond donors (Lipinski definition) is 3. The summed E-state index contributed by atoms with van der Waals surface area (Å²) in [5, 5.41) is 7.81. The summed E-state index contributed by atoms with van der Waals surface area (Å²) in [6, 6.07) is 4.85. The summed E-state index contributed by atoms with van der Waals surface area (Å²) in [5.74, 6) is 1.71. The van der Waals surface area contributed by atoms with E-state index in [2.05, 4.69) is 27.5 Å². The van der Waals surface area contributed by atoms with E-state index in [-0.39, 0.29) is 34.5 Å². The Morgan fingerprint density at radius 3 is 2.82 bits per heavy atom. The lowest BCUT2D eigenvalue weighted by Crippen LogP contribution is -2.48. The van der Waals surface area contributed by atoms with Crippen LogP contribution in [0.5, 0.6) is 0 Å². The lowest BCUT2D eigenvalue weighted by atomic mass is 9.99. The maximum absolute atomic E-state index is 13.5. The summed E-state index contributed by atoms with van der Waals surface area (Å²) in [7, 11) is 1.79. The van der Waals surface area contributed by atoms with Crippen LogP contribution in [0.3, 0.4) is 0 Å². The zero-order chi connectivity index (χ0) is 19.1. The molecule has 3 rings (SSSR count). The normalized spacial score (nSPS) is 16.6. The number of aromatic nitrogens is 1. The van der Waals surface area contributed by atoms with E-state index in [1.807, 2.05) is 18.0 Å². The van der Waals surface area contributed by atoms with Crippen LogP contribution in [-0.4, -0.2) is 54.8 Å². The number of hydrogen-bond acceptors (Lipinski definition) is 3. The molecule has 1 saturated heterocycles. The third-order valence-corrected chi connectivity index (χ3v) is 6.53. The fourth-order valence-corrected chi connectivity index (χ4v) is 4.80. The molecule has 0 unspecified atom stereocenters. The summed E-state index contributed by atoms with van der Waals surface area (Å²) in [5.41, 5.74) is 2.07. The van der Waals surface area contributed by atoms with Crippen molar-refractivity contribution in [2.24, 2.45) is 4.99 Å². The number of rotatable bonds is 7. The second-order valence-corrected chi connectivity index (χ2v) is 8.57. The third kappa shape index (κ3) is 6.00. The number of halogens is 2. The van der Waals surface area contributed by atoms with Crippen LogP contribution in [-0.2, 0) is 11.2 Å². The first-order valence-corrected chi connectivity index (χ1v) is 10.6. The average Bonchev–Trinajstić information content (AvgIpc) is 3.07. The molecule has 0 saturated carbocycles. The van der Waals surface area contributed by atoms with Gasteiger partial charge in [-0.1, -0.05) is 6.92 Å². The summed E-state index contributed by atoms with van der Waals surface area (Å²) >= 11 is 2.01. The highest BCUT2D eigenvalue weighted by molar-refractivity contribution is 14.0. The molecule has 5 nitrogen and oxygen atoms in total. The van der Waals surface area contributed by atoms with Gasteiger partial charge in [-0.3, -0.25) is 4.99 Å². The van der Waals surface area contributed by atoms with E-state index in [9.17, 15) is 4.39 Å². The maximum atomic E-state index is 13.5. The lowest BCUT2D eigenvalue weighted by Gasteiger charge is -2.37. The van der Waals surface area contributed by atoms with Gasteiger partial charge in [0.15, 0.2) is 5.96 Å². The minimum absolute atomic E-state index is 0. The number of guanidine groups is 1. The van der Waals surface area contributed by atoms with Crippen LogP contribution in [0.4, 0.5) is 4.39 Å². The quantitative estimate of drug-likeness (QED) is 0.294. The largest absolute Gasteiger partial charge is 0.381 e. The molecule has 156 valence electrons. The zero-order valence-electron chi connectivity index (χ0n) is 16.5. The van der Waals surface area contributed by atoms with E-state index >= 15 is 0 Å². The first kappa shape index (κ1) is 23.3. The Bertz CT molecular complexity index is 771. The maximum Gasteiger partial charge on any atom is 0.191 e. The van der Waals surface area contributed by atoms with E-state index in [1.54, 1.807) is 19.2 Å². The summed E-state index contributed by atoms with van der Waals surface area (Å²) in [6.07, 6.45) is 4.89. The Morgan fingerprint density at radius 1 is 1.32 bits per heavy atom. The van der Waals surface area contributed by atoms with Crippen molar-refractivity contribution in [3.8, 4) is 0 Å². The fraction of sp³-hybridized carbons (Fsp3) is 0.550. The molecule has 0 radical (unpaired) electrons. The molecule has 1 aromatic carbocycles. The molecule has 2 heterocycles. The van der Waals surface area contributed by atoms with Crippen LogP contribution in [0.1, 0.15) is 25.3 Å². The van der Waals surface area contributed by atoms with Crippen molar-refractivity contribution in [3.63, 3.8) is 0 Å². The molecule has 0 spiro atoms. The molecule has 0 aliphatic carbocycles. The molecular weight excluding hydrogens is 490 g/mol. The van der Waals surface area contributed by atoms with Gasteiger partial charge in [0.25, 0.3) is 0 Å². The smallest absolute Gasteiger partial charge is 0.191 e. The Hall–Kier alpha value is -1.00. The molecule has 0 bridgehead atoms. The molecule has 1 aliphatic heterocycles. The first-order chi connectivity index (χ1) is 13.2. The lowest BCUT2D eigenvalue weighted by molar-refractivity contribution is 0.0782. The molecule has 0 amide bonds. The Morgan fingerprint density at radius 2 is 2.11 bits per heavy atom. The molecule has 8 heteroatoms. The number of H-pyrrole nitrogens is 1. The number of aromatic amines is 1. The van der Waals surface area contributed by atoms with Gasteiger partial charge in [-0.15, -0.1) is 24.0 Å². The van der Waals surface area contributed by atoms with Gasteiger partial charge >= 0.3 is 0 Å². The van der Waals surface area contributed by atoms with Crippen LogP contribution in [0.2, 0.25) is 0 Å². The molecule has 3 N–H and O–H groups in total. The van der Waals surface area contributed by atoms with Gasteiger partial charge in [0.1, 0.15) is 5.82 Å². The topological polar surface area (TPSA) is 61.4 Å². The van der Waals surface area contributed by atoms with E-state index in [4.69, 9.17) is 4.74 Å². The SMILES string of the molecule is CCSC1(CNC(=NC)NCCc2c[nH]c3ccc(F)cc23)CCOCC1.I. The number of aliphatic imine (C=N–C) groups is 1.